The third-order valence-electron chi connectivity index (χ3n) is 4.98. The van der Waals surface area contributed by atoms with Crippen LogP contribution in [0.15, 0.2) is 0 Å². The Hall–Kier alpha value is -3.22. The molecular weight excluding hydrogens is 462 g/mol. The highest BCUT2D eigenvalue weighted by atomic mass is 16.4. The molecular formula is C22H39N5O8. The van der Waals surface area contributed by atoms with Crippen LogP contribution in [0.25, 0.3) is 0 Å². The zero-order chi connectivity index (χ0) is 27.3. The minimum absolute atomic E-state index is 0.0361. The number of carbonyl (C=O) groups excluding carboxylic acids is 4. The molecule has 0 heterocycles. The molecule has 0 saturated heterocycles. The van der Waals surface area contributed by atoms with Crippen LogP contribution in [0.1, 0.15) is 66.2 Å². The van der Waals surface area contributed by atoms with Gasteiger partial charge in [0.05, 0.1) is 6.04 Å². The number of nitrogens with one attached hydrogen (secondary N) is 3. The number of aliphatic carboxylic acids is 2. The van der Waals surface area contributed by atoms with E-state index in [-0.39, 0.29) is 50.4 Å². The maximum atomic E-state index is 13.0. The molecule has 0 aromatic heterocycles. The third-order valence-corrected chi connectivity index (χ3v) is 4.98. The molecule has 0 spiro atoms. The average Bonchev–Trinajstić information content (AvgIpc) is 2.72. The SMILES string of the molecule is CC(C)CC(NC(=O)C(CCC(N)=O)NC(=O)C(CC(C)C)NC(=O)C(N)CCC(=O)O)C(=O)O. The minimum atomic E-state index is -1.28. The van der Waals surface area contributed by atoms with Gasteiger partial charge in [-0.05, 0) is 37.5 Å². The van der Waals surface area contributed by atoms with Crippen molar-refractivity contribution in [3.8, 4) is 0 Å². The predicted octanol–water partition coefficient (Wildman–Crippen LogP) is -0.925. The molecule has 0 aliphatic heterocycles. The summed E-state index contributed by atoms with van der Waals surface area (Å²) in [6.07, 6.45) is -0.557. The molecule has 0 aliphatic carbocycles. The second-order valence-electron chi connectivity index (χ2n) is 9.32. The van der Waals surface area contributed by atoms with Gasteiger partial charge in [0.1, 0.15) is 18.1 Å². The number of rotatable bonds is 17. The molecule has 35 heavy (non-hydrogen) atoms. The van der Waals surface area contributed by atoms with Crippen molar-refractivity contribution >= 4 is 35.6 Å². The molecule has 4 amide bonds. The number of primary amides is 1. The van der Waals surface area contributed by atoms with E-state index in [2.05, 4.69) is 16.0 Å². The van der Waals surface area contributed by atoms with Gasteiger partial charge in [0.2, 0.25) is 23.6 Å². The van der Waals surface area contributed by atoms with E-state index >= 15 is 0 Å². The van der Waals surface area contributed by atoms with Crippen LogP contribution in [-0.4, -0.2) is 69.9 Å². The maximum Gasteiger partial charge on any atom is 0.326 e. The standard InChI is InChI=1S/C22H39N5O8/c1-11(2)9-15(26-19(31)13(23)5-8-18(29)30)21(33)25-14(6-7-17(24)28)20(32)27-16(22(34)35)10-12(3)4/h11-16H,5-10,23H2,1-4H3,(H2,24,28)(H,25,33)(H,26,31)(H,27,32)(H,29,30)(H,34,35). The van der Waals surface area contributed by atoms with Gasteiger partial charge in [-0.2, -0.15) is 0 Å². The first kappa shape index (κ1) is 31.8. The first-order chi connectivity index (χ1) is 16.1. The second kappa shape index (κ2) is 15.6. The average molecular weight is 502 g/mol. The van der Waals surface area contributed by atoms with Crippen molar-refractivity contribution in [3.63, 3.8) is 0 Å². The molecule has 0 rings (SSSR count). The largest absolute Gasteiger partial charge is 0.481 e. The number of amides is 4. The summed E-state index contributed by atoms with van der Waals surface area (Å²) in [4.78, 5) is 71.7. The van der Waals surface area contributed by atoms with E-state index in [0.717, 1.165) is 0 Å². The Balaban J connectivity index is 5.56. The van der Waals surface area contributed by atoms with E-state index in [1.54, 1.807) is 27.7 Å². The molecule has 4 atom stereocenters. The Kier molecular flexibility index (Phi) is 14.2. The number of carboxylic acid groups (broad SMARTS) is 2. The molecule has 0 radical (unpaired) electrons. The molecule has 4 unspecified atom stereocenters. The number of carbonyl (C=O) groups is 6. The number of carboxylic acids is 2. The molecule has 0 aromatic rings. The van der Waals surface area contributed by atoms with Gasteiger partial charge in [0, 0.05) is 12.8 Å². The molecule has 9 N–H and O–H groups in total. The van der Waals surface area contributed by atoms with Gasteiger partial charge < -0.3 is 37.6 Å². The lowest BCUT2D eigenvalue weighted by Gasteiger charge is -2.26. The van der Waals surface area contributed by atoms with Crippen molar-refractivity contribution in [2.24, 2.45) is 23.3 Å². The summed E-state index contributed by atoms with van der Waals surface area (Å²) < 4.78 is 0. The van der Waals surface area contributed by atoms with Crippen molar-refractivity contribution < 1.29 is 39.0 Å². The van der Waals surface area contributed by atoms with Crippen LogP contribution >= 0.6 is 0 Å². The Morgan fingerprint density at radius 3 is 1.60 bits per heavy atom. The summed E-state index contributed by atoms with van der Waals surface area (Å²) in [6.45, 7) is 7.18. The molecule has 0 fully saturated rings. The maximum absolute atomic E-state index is 13.0. The number of nitrogens with two attached hydrogens (primary N) is 2. The van der Waals surface area contributed by atoms with Crippen LogP contribution in [0.3, 0.4) is 0 Å². The van der Waals surface area contributed by atoms with Gasteiger partial charge in [-0.1, -0.05) is 27.7 Å². The topological polar surface area (TPSA) is 231 Å². The van der Waals surface area contributed by atoms with E-state index in [9.17, 15) is 33.9 Å². The van der Waals surface area contributed by atoms with Crippen LogP contribution < -0.4 is 27.4 Å². The lowest BCUT2D eigenvalue weighted by molar-refractivity contribution is -0.143. The summed E-state index contributed by atoms with van der Waals surface area (Å²) in [7, 11) is 0. The van der Waals surface area contributed by atoms with Crippen molar-refractivity contribution in [1.82, 2.24) is 16.0 Å². The van der Waals surface area contributed by atoms with Crippen molar-refractivity contribution in [1.29, 1.82) is 0 Å². The molecule has 0 aliphatic rings. The van der Waals surface area contributed by atoms with E-state index in [4.69, 9.17) is 16.6 Å². The highest BCUT2D eigenvalue weighted by Gasteiger charge is 2.31. The summed E-state index contributed by atoms with van der Waals surface area (Å²) in [5.41, 5.74) is 10.9. The van der Waals surface area contributed by atoms with E-state index in [1.165, 1.54) is 0 Å². The molecule has 0 aromatic carbocycles. The van der Waals surface area contributed by atoms with E-state index < -0.39 is 59.7 Å². The van der Waals surface area contributed by atoms with Crippen molar-refractivity contribution in [3.05, 3.63) is 0 Å². The first-order valence-corrected chi connectivity index (χ1v) is 11.5. The zero-order valence-electron chi connectivity index (χ0n) is 20.7. The molecule has 13 heteroatoms. The molecule has 13 nitrogen and oxygen atoms in total. The van der Waals surface area contributed by atoms with Gasteiger partial charge >= 0.3 is 11.9 Å². The number of hydrogen-bond acceptors (Lipinski definition) is 7. The van der Waals surface area contributed by atoms with Crippen LogP contribution in [-0.2, 0) is 28.8 Å². The Bertz CT molecular complexity index is 771. The summed E-state index contributed by atoms with van der Waals surface area (Å²) in [5, 5.41) is 25.5. The van der Waals surface area contributed by atoms with Crippen LogP contribution in [0.5, 0.6) is 0 Å². The highest BCUT2D eigenvalue weighted by molar-refractivity contribution is 5.94. The molecule has 0 bridgehead atoms. The smallest absolute Gasteiger partial charge is 0.326 e. The number of hydrogen-bond donors (Lipinski definition) is 7. The van der Waals surface area contributed by atoms with Gasteiger partial charge in [0.15, 0.2) is 0 Å². The Morgan fingerprint density at radius 2 is 1.14 bits per heavy atom. The van der Waals surface area contributed by atoms with E-state index in [0.29, 0.717) is 0 Å². The lowest BCUT2D eigenvalue weighted by Crippen LogP contribution is -2.57. The quantitative estimate of drug-likeness (QED) is 0.130. The van der Waals surface area contributed by atoms with Gasteiger partial charge in [-0.25, -0.2) is 4.79 Å². The van der Waals surface area contributed by atoms with Crippen LogP contribution in [0.2, 0.25) is 0 Å². The van der Waals surface area contributed by atoms with Crippen LogP contribution in [0.4, 0.5) is 0 Å². The van der Waals surface area contributed by atoms with Gasteiger partial charge in [-0.15, -0.1) is 0 Å². The summed E-state index contributed by atoms with van der Waals surface area (Å²) in [5.74, 6) is -5.44. The Labute approximate surface area is 204 Å². The van der Waals surface area contributed by atoms with Crippen molar-refractivity contribution in [2.75, 3.05) is 0 Å². The zero-order valence-corrected chi connectivity index (χ0v) is 20.7. The minimum Gasteiger partial charge on any atom is -0.481 e. The summed E-state index contributed by atoms with van der Waals surface area (Å²) in [6, 6.07) is -4.74. The fourth-order valence-corrected chi connectivity index (χ4v) is 3.18. The predicted molar refractivity (Wildman–Crippen MR) is 126 cm³/mol. The molecule has 0 saturated carbocycles. The first-order valence-electron chi connectivity index (χ1n) is 11.5. The van der Waals surface area contributed by atoms with Gasteiger partial charge in [0.25, 0.3) is 0 Å². The van der Waals surface area contributed by atoms with Crippen molar-refractivity contribution in [2.45, 2.75) is 90.4 Å². The highest BCUT2D eigenvalue weighted by Crippen LogP contribution is 2.09. The van der Waals surface area contributed by atoms with Crippen LogP contribution in [0, 0.1) is 11.8 Å². The molecule has 200 valence electrons. The fraction of sp³-hybridized carbons (Fsp3) is 0.727. The van der Waals surface area contributed by atoms with Gasteiger partial charge in [-0.3, -0.25) is 24.0 Å². The Morgan fingerprint density at radius 1 is 0.686 bits per heavy atom. The fourth-order valence-electron chi connectivity index (χ4n) is 3.18. The lowest BCUT2D eigenvalue weighted by atomic mass is 10.0. The van der Waals surface area contributed by atoms with E-state index in [1.807, 2.05) is 0 Å². The monoisotopic (exact) mass is 501 g/mol. The second-order valence-corrected chi connectivity index (χ2v) is 9.32. The summed E-state index contributed by atoms with van der Waals surface area (Å²) >= 11 is 0. The normalized spacial score (nSPS) is 14.5. The third kappa shape index (κ3) is 13.9.